The minimum absolute atomic E-state index is 0.00389. The zero-order chi connectivity index (χ0) is 22.4. The predicted molar refractivity (Wildman–Crippen MR) is 118 cm³/mol. The van der Waals surface area contributed by atoms with Crippen LogP contribution in [-0.2, 0) is 13.0 Å². The van der Waals surface area contributed by atoms with Crippen molar-refractivity contribution in [1.29, 1.82) is 0 Å². The number of ether oxygens (including phenoxy) is 1. The molecule has 2 N–H and O–H groups in total. The highest BCUT2D eigenvalue weighted by Gasteiger charge is 2.16. The molecule has 6 nitrogen and oxygen atoms in total. The van der Waals surface area contributed by atoms with Gasteiger partial charge in [0.25, 0.3) is 0 Å². The molecule has 0 amide bonds. The van der Waals surface area contributed by atoms with Crippen LogP contribution in [0.3, 0.4) is 0 Å². The number of carbonyl (C=O) groups is 2. The van der Waals surface area contributed by atoms with E-state index in [0.29, 0.717) is 29.9 Å². The number of aromatic carboxylic acids is 1. The summed E-state index contributed by atoms with van der Waals surface area (Å²) in [4.78, 5) is 28.4. The molecule has 2 aromatic carbocycles. The smallest absolute Gasteiger partial charge is 0.337 e. The number of aromatic hydroxyl groups is 1. The summed E-state index contributed by atoms with van der Waals surface area (Å²) in [5.41, 5.74) is 2.04. The summed E-state index contributed by atoms with van der Waals surface area (Å²) in [5, 5.41) is 19.5. The van der Waals surface area contributed by atoms with Gasteiger partial charge in [-0.15, -0.1) is 0 Å². The molecule has 0 radical (unpaired) electrons. The molecule has 0 aliphatic rings. The molecule has 0 aliphatic heterocycles. The number of pyridine rings is 1. The number of carboxylic acids is 1. The van der Waals surface area contributed by atoms with Crippen LogP contribution >= 0.6 is 11.8 Å². The van der Waals surface area contributed by atoms with Crippen molar-refractivity contribution in [2.45, 2.75) is 43.1 Å². The molecule has 0 unspecified atom stereocenters. The summed E-state index contributed by atoms with van der Waals surface area (Å²) in [6, 6.07) is 12.6. The Bertz CT molecular complexity index is 1100. The molecule has 1 heterocycles. The van der Waals surface area contributed by atoms with Crippen LogP contribution in [0.5, 0.6) is 11.5 Å². The predicted octanol–water partition coefficient (Wildman–Crippen LogP) is 5.37. The van der Waals surface area contributed by atoms with Crippen molar-refractivity contribution in [3.63, 3.8) is 0 Å². The number of Topliss-reactive ketones (excluding diaryl/α,β-unsaturated/α-hetero) is 1. The van der Waals surface area contributed by atoms with E-state index in [9.17, 15) is 14.7 Å². The number of phenols is 1. The molecule has 1 aromatic heterocycles. The molecule has 0 atom stereocenters. The number of hydrogen-bond acceptors (Lipinski definition) is 6. The summed E-state index contributed by atoms with van der Waals surface area (Å²) in [6.07, 6.45) is 4.37. The van der Waals surface area contributed by atoms with Crippen molar-refractivity contribution >= 4 is 23.5 Å². The molecule has 0 saturated carbocycles. The number of nitrogens with zero attached hydrogens (tertiary/aromatic N) is 1. The Morgan fingerprint density at radius 3 is 2.45 bits per heavy atom. The van der Waals surface area contributed by atoms with Crippen LogP contribution in [0, 0.1) is 0 Å². The second-order valence-corrected chi connectivity index (χ2v) is 8.14. The zero-order valence-corrected chi connectivity index (χ0v) is 18.1. The topological polar surface area (TPSA) is 96.7 Å². The van der Waals surface area contributed by atoms with Gasteiger partial charge in [-0.2, -0.15) is 0 Å². The quantitative estimate of drug-likeness (QED) is 0.434. The SMILES string of the molecule is CCCc1c(OCc2ccc(Sc3cncc(C(=O)O)c3)cc2)ccc(C(C)=O)c1O. The number of hydrogen-bond donors (Lipinski definition) is 2. The number of rotatable bonds is 9. The van der Waals surface area contributed by atoms with E-state index < -0.39 is 5.97 Å². The maximum absolute atomic E-state index is 11.7. The van der Waals surface area contributed by atoms with Gasteiger partial charge in [-0.1, -0.05) is 37.2 Å². The number of benzene rings is 2. The molecule has 3 rings (SSSR count). The van der Waals surface area contributed by atoms with E-state index in [1.54, 1.807) is 24.4 Å². The summed E-state index contributed by atoms with van der Waals surface area (Å²) >= 11 is 1.43. The van der Waals surface area contributed by atoms with Gasteiger partial charge in [0.05, 0.1) is 11.1 Å². The van der Waals surface area contributed by atoms with Gasteiger partial charge in [0, 0.05) is 27.7 Å². The summed E-state index contributed by atoms with van der Waals surface area (Å²) < 4.78 is 5.94. The fourth-order valence-electron chi connectivity index (χ4n) is 3.07. The van der Waals surface area contributed by atoms with Crippen molar-refractivity contribution in [2.75, 3.05) is 0 Å². The van der Waals surface area contributed by atoms with E-state index in [0.717, 1.165) is 21.8 Å². The summed E-state index contributed by atoms with van der Waals surface area (Å²) in [6.45, 7) is 3.75. The lowest BCUT2D eigenvalue weighted by Crippen LogP contribution is -2.02. The molecule has 3 aromatic rings. The number of aromatic nitrogens is 1. The second-order valence-electron chi connectivity index (χ2n) is 6.99. The Labute approximate surface area is 184 Å². The van der Waals surface area contributed by atoms with E-state index in [1.807, 2.05) is 31.2 Å². The van der Waals surface area contributed by atoms with Crippen molar-refractivity contribution < 1.29 is 24.5 Å². The average molecular weight is 438 g/mol. The number of carbonyl (C=O) groups excluding carboxylic acids is 1. The first-order chi connectivity index (χ1) is 14.9. The highest BCUT2D eigenvalue weighted by atomic mass is 32.2. The van der Waals surface area contributed by atoms with E-state index in [1.165, 1.54) is 24.9 Å². The highest BCUT2D eigenvalue weighted by Crippen LogP contribution is 2.34. The molecule has 0 spiro atoms. The zero-order valence-electron chi connectivity index (χ0n) is 17.3. The molecule has 160 valence electrons. The van der Waals surface area contributed by atoms with Gasteiger partial charge in [-0.25, -0.2) is 4.79 Å². The third kappa shape index (κ3) is 5.64. The van der Waals surface area contributed by atoms with E-state index in [4.69, 9.17) is 9.84 Å². The Balaban J connectivity index is 1.69. The molecule has 31 heavy (non-hydrogen) atoms. The minimum atomic E-state index is -1.01. The Morgan fingerprint density at radius 1 is 1.06 bits per heavy atom. The fourth-order valence-corrected chi connectivity index (χ4v) is 3.92. The van der Waals surface area contributed by atoms with Crippen LogP contribution < -0.4 is 4.74 Å². The van der Waals surface area contributed by atoms with Crippen molar-refractivity contribution in [1.82, 2.24) is 4.98 Å². The van der Waals surface area contributed by atoms with Crippen LogP contribution in [0.1, 0.15) is 52.1 Å². The second kappa shape index (κ2) is 10.1. The molecule has 0 saturated heterocycles. The normalized spacial score (nSPS) is 10.6. The average Bonchev–Trinajstić information content (AvgIpc) is 2.75. The minimum Gasteiger partial charge on any atom is -0.507 e. The molecular weight excluding hydrogens is 414 g/mol. The third-order valence-electron chi connectivity index (χ3n) is 4.63. The van der Waals surface area contributed by atoms with Crippen LogP contribution in [0.4, 0.5) is 0 Å². The maximum atomic E-state index is 11.7. The van der Waals surface area contributed by atoms with Gasteiger partial charge >= 0.3 is 5.97 Å². The van der Waals surface area contributed by atoms with Crippen molar-refractivity contribution in [2.24, 2.45) is 0 Å². The van der Waals surface area contributed by atoms with Crippen LogP contribution in [0.25, 0.3) is 0 Å². The summed E-state index contributed by atoms with van der Waals surface area (Å²) in [7, 11) is 0. The fraction of sp³-hybridized carbons (Fsp3) is 0.208. The van der Waals surface area contributed by atoms with Crippen LogP contribution in [0.2, 0.25) is 0 Å². The Morgan fingerprint density at radius 2 is 1.81 bits per heavy atom. The van der Waals surface area contributed by atoms with Gasteiger partial charge < -0.3 is 14.9 Å². The lowest BCUT2D eigenvalue weighted by molar-refractivity contribution is 0.0696. The first kappa shape index (κ1) is 22.4. The van der Waals surface area contributed by atoms with Gasteiger partial charge in [-0.05, 0) is 49.2 Å². The largest absolute Gasteiger partial charge is 0.507 e. The standard InChI is InChI=1S/C24H23NO5S/c1-3-4-21-22(10-9-20(15(2)26)23(21)27)30-14-16-5-7-18(8-6-16)31-19-11-17(24(28)29)12-25-13-19/h5-13,27H,3-4,14H2,1-2H3,(H,28,29). The Kier molecular flexibility index (Phi) is 7.31. The van der Waals surface area contributed by atoms with E-state index in [-0.39, 0.29) is 17.1 Å². The first-order valence-corrected chi connectivity index (χ1v) is 10.6. The Hall–Kier alpha value is -3.32. The molecule has 0 aliphatic carbocycles. The number of ketones is 1. The third-order valence-corrected chi connectivity index (χ3v) is 5.60. The van der Waals surface area contributed by atoms with Crippen molar-refractivity contribution in [3.8, 4) is 11.5 Å². The molecule has 7 heteroatoms. The molecule has 0 bridgehead atoms. The van der Waals surface area contributed by atoms with E-state index in [2.05, 4.69) is 4.98 Å². The maximum Gasteiger partial charge on any atom is 0.337 e. The van der Waals surface area contributed by atoms with Gasteiger partial charge in [0.2, 0.25) is 0 Å². The van der Waals surface area contributed by atoms with Crippen LogP contribution in [0.15, 0.2) is 64.6 Å². The lowest BCUT2D eigenvalue weighted by Gasteiger charge is -2.15. The lowest BCUT2D eigenvalue weighted by atomic mass is 10.0. The van der Waals surface area contributed by atoms with Gasteiger partial charge in [-0.3, -0.25) is 9.78 Å². The number of carboxylic acid groups (broad SMARTS) is 1. The van der Waals surface area contributed by atoms with Crippen LogP contribution in [-0.4, -0.2) is 26.9 Å². The van der Waals surface area contributed by atoms with E-state index >= 15 is 0 Å². The number of phenolic OH excluding ortho intramolecular Hbond substituents is 1. The first-order valence-electron chi connectivity index (χ1n) is 9.82. The van der Waals surface area contributed by atoms with Gasteiger partial charge in [0.1, 0.15) is 18.1 Å². The van der Waals surface area contributed by atoms with Crippen molar-refractivity contribution in [3.05, 3.63) is 77.1 Å². The molecular formula is C24H23NO5S. The highest BCUT2D eigenvalue weighted by molar-refractivity contribution is 7.99. The monoisotopic (exact) mass is 437 g/mol. The molecule has 0 fully saturated rings. The van der Waals surface area contributed by atoms with Gasteiger partial charge in [0.15, 0.2) is 5.78 Å². The summed E-state index contributed by atoms with van der Waals surface area (Å²) in [5.74, 6) is -0.624.